The van der Waals surface area contributed by atoms with E-state index in [9.17, 15) is 9.59 Å². The largest absolute Gasteiger partial charge is 0.347 e. The summed E-state index contributed by atoms with van der Waals surface area (Å²) in [5, 5.41) is 15.6. The molecule has 5 rings (SSSR count). The van der Waals surface area contributed by atoms with Crippen molar-refractivity contribution in [1.29, 1.82) is 5.41 Å². The molecule has 3 heterocycles. The number of H-pyrrole nitrogens is 1. The number of carbonyl (C=O) groups excluding carboxylic acids is 2. The molecule has 1 saturated carbocycles. The molecule has 0 bridgehead atoms. The quantitative estimate of drug-likeness (QED) is 0.294. The highest BCUT2D eigenvalue weighted by atomic mass is 16.2. The van der Waals surface area contributed by atoms with Gasteiger partial charge in [-0.05, 0) is 24.5 Å². The van der Waals surface area contributed by atoms with E-state index in [1.807, 2.05) is 36.5 Å². The SMILES string of the molecule is CN(C)C(=O)Cn1cc(C(=O)NC(=N)C2(c3ccc(-c4cnc5[nH]ccc5n4)cc3)CCC2)cn1. The van der Waals surface area contributed by atoms with Gasteiger partial charge in [-0.3, -0.25) is 19.7 Å². The van der Waals surface area contributed by atoms with Crippen molar-refractivity contribution in [3.8, 4) is 11.3 Å². The molecule has 1 aromatic carbocycles. The van der Waals surface area contributed by atoms with Crippen molar-refractivity contribution >= 4 is 28.8 Å². The second-order valence-electron chi connectivity index (χ2n) is 9.02. The molecular formula is C25H26N8O2. The van der Waals surface area contributed by atoms with Gasteiger partial charge in [0, 0.05) is 32.1 Å². The zero-order valence-electron chi connectivity index (χ0n) is 19.6. The fourth-order valence-corrected chi connectivity index (χ4v) is 4.30. The second kappa shape index (κ2) is 8.79. The van der Waals surface area contributed by atoms with Crippen molar-refractivity contribution < 1.29 is 9.59 Å². The van der Waals surface area contributed by atoms with E-state index in [0.717, 1.165) is 47.2 Å². The Morgan fingerprint density at radius 3 is 2.63 bits per heavy atom. The van der Waals surface area contributed by atoms with Gasteiger partial charge >= 0.3 is 0 Å². The monoisotopic (exact) mass is 470 g/mol. The lowest BCUT2D eigenvalue weighted by Crippen LogP contribution is -2.50. The van der Waals surface area contributed by atoms with Crippen LogP contribution in [-0.2, 0) is 16.8 Å². The Balaban J connectivity index is 1.30. The third kappa shape index (κ3) is 4.18. The van der Waals surface area contributed by atoms with Crippen molar-refractivity contribution in [2.75, 3.05) is 14.1 Å². The lowest BCUT2D eigenvalue weighted by atomic mass is 9.63. The Kier molecular flexibility index (Phi) is 5.64. The van der Waals surface area contributed by atoms with Gasteiger partial charge in [0.1, 0.15) is 17.9 Å². The number of aromatic nitrogens is 5. The first-order valence-corrected chi connectivity index (χ1v) is 11.4. The van der Waals surface area contributed by atoms with Crippen LogP contribution in [0.4, 0.5) is 0 Å². The molecule has 0 unspecified atom stereocenters. The van der Waals surface area contributed by atoms with E-state index >= 15 is 0 Å². The minimum Gasteiger partial charge on any atom is -0.347 e. The topological polar surface area (TPSA) is 133 Å². The molecule has 2 amide bonds. The van der Waals surface area contributed by atoms with E-state index in [4.69, 9.17) is 5.41 Å². The first-order chi connectivity index (χ1) is 16.9. The first kappa shape index (κ1) is 22.5. The van der Waals surface area contributed by atoms with Gasteiger partial charge in [0.15, 0.2) is 5.65 Å². The Bertz CT molecular complexity index is 1410. The Morgan fingerprint density at radius 2 is 1.94 bits per heavy atom. The maximum absolute atomic E-state index is 12.8. The average molecular weight is 471 g/mol. The van der Waals surface area contributed by atoms with Crippen molar-refractivity contribution in [1.82, 2.24) is 34.9 Å². The first-order valence-electron chi connectivity index (χ1n) is 11.4. The summed E-state index contributed by atoms with van der Waals surface area (Å²) in [5.41, 5.74) is 4.04. The molecule has 1 aliphatic rings. The number of carbonyl (C=O) groups is 2. The van der Waals surface area contributed by atoms with E-state index in [1.54, 1.807) is 20.3 Å². The molecule has 178 valence electrons. The summed E-state index contributed by atoms with van der Waals surface area (Å²) in [6, 6.07) is 9.86. The normalized spacial score (nSPS) is 14.3. The van der Waals surface area contributed by atoms with Gasteiger partial charge in [-0.15, -0.1) is 0 Å². The Hall–Kier alpha value is -4.34. The van der Waals surface area contributed by atoms with Crippen molar-refractivity contribution in [2.24, 2.45) is 0 Å². The summed E-state index contributed by atoms with van der Waals surface area (Å²) >= 11 is 0. The maximum atomic E-state index is 12.8. The molecule has 10 nitrogen and oxygen atoms in total. The Morgan fingerprint density at radius 1 is 1.17 bits per heavy atom. The third-order valence-electron chi connectivity index (χ3n) is 6.61. The summed E-state index contributed by atoms with van der Waals surface area (Å²) < 4.78 is 1.42. The van der Waals surface area contributed by atoms with Crippen molar-refractivity contribution in [3.63, 3.8) is 0 Å². The highest BCUT2D eigenvalue weighted by Crippen LogP contribution is 2.44. The van der Waals surface area contributed by atoms with Crippen LogP contribution in [0.5, 0.6) is 0 Å². The van der Waals surface area contributed by atoms with Crippen LogP contribution in [0.3, 0.4) is 0 Å². The van der Waals surface area contributed by atoms with Gasteiger partial charge in [-0.1, -0.05) is 30.7 Å². The molecule has 4 aromatic rings. The van der Waals surface area contributed by atoms with Gasteiger partial charge in [-0.25, -0.2) is 9.97 Å². The standard InChI is InChI=1S/C25H26N8O2/c1-32(2)21(34)15-33-14-17(12-29-33)23(35)31-24(26)25(9-3-10-25)18-6-4-16(5-7-18)20-13-28-22-19(30-20)8-11-27-22/h4-8,11-14H,3,9-10,15H2,1-2H3,(H,27,28)(H2,26,31,35). The highest BCUT2D eigenvalue weighted by Gasteiger charge is 2.43. The van der Waals surface area contributed by atoms with E-state index in [0.29, 0.717) is 5.56 Å². The number of aromatic amines is 1. The molecular weight excluding hydrogens is 444 g/mol. The number of benzene rings is 1. The zero-order valence-corrected chi connectivity index (χ0v) is 19.6. The molecule has 35 heavy (non-hydrogen) atoms. The maximum Gasteiger partial charge on any atom is 0.259 e. The van der Waals surface area contributed by atoms with Crippen LogP contribution in [0, 0.1) is 5.41 Å². The van der Waals surface area contributed by atoms with Crippen LogP contribution in [0.1, 0.15) is 35.2 Å². The molecule has 0 aliphatic heterocycles. The number of hydrogen-bond donors (Lipinski definition) is 3. The van der Waals surface area contributed by atoms with Crippen LogP contribution in [-0.4, -0.2) is 61.4 Å². The molecule has 0 radical (unpaired) electrons. The predicted octanol–water partition coefficient (Wildman–Crippen LogP) is 2.74. The summed E-state index contributed by atoms with van der Waals surface area (Å²) in [7, 11) is 3.33. The summed E-state index contributed by atoms with van der Waals surface area (Å²) in [5.74, 6) is -0.354. The predicted molar refractivity (Wildman–Crippen MR) is 131 cm³/mol. The van der Waals surface area contributed by atoms with Gasteiger partial charge in [0.25, 0.3) is 5.91 Å². The number of fused-ring (bicyclic) bond motifs is 1. The molecule has 1 aliphatic carbocycles. The van der Waals surface area contributed by atoms with Gasteiger partial charge in [0.2, 0.25) is 5.91 Å². The molecule has 0 spiro atoms. The van der Waals surface area contributed by atoms with Gasteiger partial charge in [-0.2, -0.15) is 5.10 Å². The summed E-state index contributed by atoms with van der Waals surface area (Å²) in [6.07, 6.45) is 9.05. The van der Waals surface area contributed by atoms with E-state index in [2.05, 4.69) is 25.4 Å². The van der Waals surface area contributed by atoms with Crippen LogP contribution in [0.25, 0.3) is 22.4 Å². The van der Waals surface area contributed by atoms with Crippen molar-refractivity contribution in [2.45, 2.75) is 31.2 Å². The highest BCUT2D eigenvalue weighted by molar-refractivity contribution is 6.09. The number of nitrogens with zero attached hydrogens (tertiary/aromatic N) is 5. The molecule has 3 N–H and O–H groups in total. The molecule has 0 atom stereocenters. The molecule has 0 saturated heterocycles. The second-order valence-corrected chi connectivity index (χ2v) is 9.02. The minimum atomic E-state index is -0.526. The Labute approximate surface area is 201 Å². The number of amides is 2. The number of rotatable bonds is 6. The smallest absolute Gasteiger partial charge is 0.259 e. The van der Waals surface area contributed by atoms with Crippen LogP contribution in [0.15, 0.2) is 55.1 Å². The lowest BCUT2D eigenvalue weighted by molar-refractivity contribution is -0.129. The summed E-state index contributed by atoms with van der Waals surface area (Å²) in [6.45, 7) is 0.0510. The van der Waals surface area contributed by atoms with Gasteiger partial charge < -0.3 is 15.2 Å². The molecule has 10 heteroatoms. The van der Waals surface area contributed by atoms with Crippen LogP contribution < -0.4 is 5.32 Å². The van der Waals surface area contributed by atoms with E-state index < -0.39 is 11.3 Å². The van der Waals surface area contributed by atoms with E-state index in [-0.39, 0.29) is 18.3 Å². The van der Waals surface area contributed by atoms with Crippen molar-refractivity contribution in [3.05, 3.63) is 66.2 Å². The lowest BCUT2D eigenvalue weighted by Gasteiger charge is -2.42. The minimum absolute atomic E-state index is 0.0510. The fourth-order valence-electron chi connectivity index (χ4n) is 4.30. The third-order valence-corrected chi connectivity index (χ3v) is 6.61. The van der Waals surface area contributed by atoms with Gasteiger partial charge in [0.05, 0.1) is 29.1 Å². The average Bonchev–Trinajstić information content (AvgIpc) is 3.47. The number of likely N-dealkylation sites (N-methyl/N-ethyl adjacent to an activating group) is 1. The number of amidine groups is 1. The fraction of sp³-hybridized carbons (Fsp3) is 0.280. The van der Waals surface area contributed by atoms with Crippen LogP contribution >= 0.6 is 0 Å². The summed E-state index contributed by atoms with van der Waals surface area (Å²) in [4.78, 5) is 38.3. The molecule has 3 aromatic heterocycles. The zero-order chi connectivity index (χ0) is 24.6. The number of hydrogen-bond acceptors (Lipinski definition) is 6. The van der Waals surface area contributed by atoms with E-state index in [1.165, 1.54) is 22.0 Å². The number of nitrogens with one attached hydrogen (secondary N) is 3. The van der Waals surface area contributed by atoms with Crippen LogP contribution in [0.2, 0.25) is 0 Å². The molecule has 1 fully saturated rings.